The molecule has 0 aliphatic carbocycles. The minimum atomic E-state index is -4.75. The fourth-order valence-electron chi connectivity index (χ4n) is 2.99. The minimum absolute atomic E-state index is 0.180. The largest absolute Gasteiger partial charge is 0.420 e. The van der Waals surface area contributed by atoms with Crippen molar-refractivity contribution in [3.8, 4) is 5.82 Å². The van der Waals surface area contributed by atoms with Crippen LogP contribution in [0.2, 0.25) is 0 Å². The molecule has 0 bridgehead atoms. The summed E-state index contributed by atoms with van der Waals surface area (Å²) in [6.45, 7) is 1.75. The maximum absolute atomic E-state index is 13.5. The lowest BCUT2D eigenvalue weighted by molar-refractivity contribution is -0.137. The van der Waals surface area contributed by atoms with Gasteiger partial charge in [-0.2, -0.15) is 28.5 Å². The molecule has 0 saturated heterocycles. The van der Waals surface area contributed by atoms with Gasteiger partial charge in [0, 0.05) is 13.2 Å². The van der Waals surface area contributed by atoms with Gasteiger partial charge >= 0.3 is 12.2 Å². The van der Waals surface area contributed by atoms with Crippen LogP contribution in [-0.4, -0.2) is 47.7 Å². The van der Waals surface area contributed by atoms with E-state index < -0.39 is 29.7 Å². The quantitative estimate of drug-likeness (QED) is 0.482. The number of carbonyl (C=O) groups is 1. The van der Waals surface area contributed by atoms with Crippen LogP contribution in [0.3, 0.4) is 0 Å². The molecular weight excluding hydrogens is 431 g/mol. The number of alkyl halides is 3. The number of amides is 2. The van der Waals surface area contributed by atoms with Crippen LogP contribution in [0.5, 0.6) is 0 Å². The first-order valence-electron chi connectivity index (χ1n) is 9.15. The van der Waals surface area contributed by atoms with Crippen molar-refractivity contribution in [3.05, 3.63) is 54.4 Å². The van der Waals surface area contributed by atoms with Gasteiger partial charge in [-0.3, -0.25) is 0 Å². The van der Waals surface area contributed by atoms with E-state index in [1.807, 2.05) is 0 Å². The number of methoxy groups -OCH3 is 1. The zero-order valence-corrected chi connectivity index (χ0v) is 16.7. The Morgan fingerprint density at radius 3 is 2.53 bits per heavy atom. The predicted octanol–water partition coefficient (Wildman–Crippen LogP) is 3.08. The standard InChI is InChI=1S/C18H16F3N9O2/c1-10(32-2)15-13(9-22-14-3-4-24-29(14)15)28-17(31)27-11-7-12(18(19,20)21)16(23-8-11)30-25-5-6-26-30/h3-10H,1-2H3,(H2,27,28,31)/t10-/m0/s1. The molecule has 0 aromatic carbocycles. The first-order valence-corrected chi connectivity index (χ1v) is 9.15. The summed E-state index contributed by atoms with van der Waals surface area (Å²) in [5, 5.41) is 16.4. The van der Waals surface area contributed by atoms with Crippen molar-refractivity contribution in [1.82, 2.24) is 34.6 Å². The molecule has 0 aliphatic heterocycles. The van der Waals surface area contributed by atoms with Crippen molar-refractivity contribution in [1.29, 1.82) is 0 Å². The molecule has 0 unspecified atom stereocenters. The van der Waals surface area contributed by atoms with Gasteiger partial charge in [-0.05, 0) is 13.0 Å². The Balaban J connectivity index is 1.61. The molecule has 0 fully saturated rings. The Hall–Kier alpha value is -4.07. The van der Waals surface area contributed by atoms with Gasteiger partial charge in [0.15, 0.2) is 11.5 Å². The topological polar surface area (TPSA) is 124 Å². The molecule has 0 aliphatic rings. The van der Waals surface area contributed by atoms with Crippen molar-refractivity contribution < 1.29 is 22.7 Å². The highest BCUT2D eigenvalue weighted by Crippen LogP contribution is 2.34. The number of nitrogens with zero attached hydrogens (tertiary/aromatic N) is 7. The summed E-state index contributed by atoms with van der Waals surface area (Å²) in [4.78, 5) is 21.2. The summed E-state index contributed by atoms with van der Waals surface area (Å²) >= 11 is 0. The Morgan fingerprint density at radius 2 is 1.84 bits per heavy atom. The van der Waals surface area contributed by atoms with Gasteiger partial charge in [0.2, 0.25) is 0 Å². The molecule has 0 saturated carbocycles. The number of hydrogen-bond acceptors (Lipinski definition) is 7. The second-order valence-electron chi connectivity index (χ2n) is 6.53. The van der Waals surface area contributed by atoms with Crippen molar-refractivity contribution in [3.63, 3.8) is 0 Å². The second-order valence-corrected chi connectivity index (χ2v) is 6.53. The number of aromatic nitrogens is 7. The van der Waals surface area contributed by atoms with Gasteiger partial charge in [-0.15, -0.1) is 4.80 Å². The highest BCUT2D eigenvalue weighted by molar-refractivity contribution is 6.00. The zero-order valence-electron chi connectivity index (χ0n) is 16.7. The number of fused-ring (bicyclic) bond motifs is 1. The van der Waals surface area contributed by atoms with Gasteiger partial charge in [0.1, 0.15) is 5.56 Å². The van der Waals surface area contributed by atoms with Crippen LogP contribution < -0.4 is 10.6 Å². The lowest BCUT2D eigenvalue weighted by atomic mass is 10.2. The number of hydrogen-bond donors (Lipinski definition) is 2. The van der Waals surface area contributed by atoms with Crippen LogP contribution in [0, 0.1) is 0 Å². The molecule has 2 N–H and O–H groups in total. The molecule has 166 valence electrons. The van der Waals surface area contributed by atoms with Crippen LogP contribution >= 0.6 is 0 Å². The van der Waals surface area contributed by atoms with Gasteiger partial charge in [0.05, 0.1) is 54.2 Å². The van der Waals surface area contributed by atoms with Gasteiger partial charge in [-0.1, -0.05) is 0 Å². The van der Waals surface area contributed by atoms with E-state index >= 15 is 0 Å². The molecule has 4 aromatic heterocycles. The summed E-state index contributed by atoms with van der Waals surface area (Å²) in [6.07, 6.45) is 1.26. The van der Waals surface area contributed by atoms with E-state index in [0.29, 0.717) is 11.3 Å². The highest BCUT2D eigenvalue weighted by Gasteiger charge is 2.36. The molecule has 2 amide bonds. The van der Waals surface area contributed by atoms with Gasteiger partial charge in [0.25, 0.3) is 0 Å². The normalized spacial score (nSPS) is 12.7. The number of halogens is 3. The number of nitrogens with one attached hydrogen (secondary N) is 2. The van der Waals surface area contributed by atoms with E-state index in [2.05, 4.69) is 35.9 Å². The minimum Gasteiger partial charge on any atom is -0.375 e. The first-order chi connectivity index (χ1) is 15.3. The molecule has 0 spiro atoms. The molecule has 0 radical (unpaired) electrons. The molecule has 11 nitrogen and oxygen atoms in total. The molecular formula is C18H16F3N9O2. The summed E-state index contributed by atoms with van der Waals surface area (Å²) in [5.74, 6) is -0.516. The summed E-state index contributed by atoms with van der Waals surface area (Å²) < 4.78 is 47.4. The maximum Gasteiger partial charge on any atom is 0.420 e. The van der Waals surface area contributed by atoms with Crippen LogP contribution in [0.25, 0.3) is 11.5 Å². The van der Waals surface area contributed by atoms with Crippen LogP contribution in [0.15, 0.2) is 43.1 Å². The molecule has 4 aromatic rings. The average Bonchev–Trinajstić information content (AvgIpc) is 3.44. The fourth-order valence-corrected chi connectivity index (χ4v) is 2.99. The zero-order chi connectivity index (χ0) is 22.9. The number of carbonyl (C=O) groups excluding carboxylic acids is 1. The number of rotatable bonds is 5. The fraction of sp³-hybridized carbons (Fsp3) is 0.222. The first kappa shape index (κ1) is 21.2. The number of anilines is 2. The maximum atomic E-state index is 13.5. The molecule has 1 atom stereocenters. The summed E-state index contributed by atoms with van der Waals surface area (Å²) in [6, 6.07) is 1.62. The molecule has 32 heavy (non-hydrogen) atoms. The highest BCUT2D eigenvalue weighted by atomic mass is 19.4. The summed E-state index contributed by atoms with van der Waals surface area (Å²) in [7, 11) is 1.49. The Morgan fingerprint density at radius 1 is 1.09 bits per heavy atom. The molecule has 4 rings (SSSR count). The van der Waals surface area contributed by atoms with Crippen molar-refractivity contribution in [2.75, 3.05) is 17.7 Å². The van der Waals surface area contributed by atoms with Gasteiger partial charge in [-0.25, -0.2) is 19.3 Å². The number of urea groups is 1. The molecule has 4 heterocycles. The Bertz CT molecular complexity index is 1250. The molecule has 14 heteroatoms. The average molecular weight is 447 g/mol. The lowest BCUT2D eigenvalue weighted by Gasteiger charge is -2.17. The Labute approximate surface area is 178 Å². The third kappa shape index (κ3) is 4.07. The van der Waals surface area contributed by atoms with Gasteiger partial charge < -0.3 is 15.4 Å². The van der Waals surface area contributed by atoms with Crippen molar-refractivity contribution in [2.24, 2.45) is 0 Å². The van der Waals surface area contributed by atoms with E-state index in [4.69, 9.17) is 4.74 Å². The number of ether oxygens (including phenoxy) is 1. The van der Waals surface area contributed by atoms with E-state index in [9.17, 15) is 18.0 Å². The van der Waals surface area contributed by atoms with Crippen LogP contribution in [0.1, 0.15) is 24.3 Å². The smallest absolute Gasteiger partial charge is 0.375 e. The SMILES string of the molecule is CO[C@@H](C)c1c(NC(=O)Nc2cnc(-n3nccn3)c(C(F)(F)F)c2)cnc2ccnn12. The Kier molecular flexibility index (Phi) is 5.44. The van der Waals surface area contributed by atoms with Crippen molar-refractivity contribution >= 4 is 23.1 Å². The van der Waals surface area contributed by atoms with E-state index in [-0.39, 0.29) is 11.4 Å². The van der Waals surface area contributed by atoms with Crippen molar-refractivity contribution in [2.45, 2.75) is 19.2 Å². The van der Waals surface area contributed by atoms with Crippen LogP contribution in [0.4, 0.5) is 29.3 Å². The lowest BCUT2D eigenvalue weighted by Crippen LogP contribution is -2.23. The second kappa shape index (κ2) is 8.22. The number of pyridine rings is 1. The third-order valence-corrected chi connectivity index (χ3v) is 4.48. The third-order valence-electron chi connectivity index (χ3n) is 4.48. The van der Waals surface area contributed by atoms with Crippen LogP contribution in [-0.2, 0) is 10.9 Å². The van der Waals surface area contributed by atoms with E-state index in [1.165, 1.54) is 30.2 Å². The monoisotopic (exact) mass is 447 g/mol. The van der Waals surface area contributed by atoms with E-state index in [0.717, 1.165) is 17.1 Å². The summed E-state index contributed by atoms with van der Waals surface area (Å²) in [5.41, 5.74) is 0.0259. The van der Waals surface area contributed by atoms with E-state index in [1.54, 1.807) is 19.2 Å². The predicted molar refractivity (Wildman–Crippen MR) is 105 cm³/mol.